The summed E-state index contributed by atoms with van der Waals surface area (Å²) in [7, 11) is 0. The van der Waals surface area contributed by atoms with Gasteiger partial charge in [0.2, 0.25) is 0 Å². The monoisotopic (exact) mass is 219 g/mol. The first-order valence-electron chi connectivity index (χ1n) is 5.10. The fraction of sp³-hybridized carbons (Fsp3) is 0.273. The summed E-state index contributed by atoms with van der Waals surface area (Å²) in [5.74, 6) is 0.561. The van der Waals surface area contributed by atoms with E-state index in [1.54, 1.807) is 0 Å². The molecule has 5 heteroatoms. The molecule has 1 aromatic rings. The van der Waals surface area contributed by atoms with Crippen LogP contribution in [0.2, 0.25) is 0 Å². The SMILES string of the molecule is O=C1CC(=NCCO)NN1c1ccccc1. The molecule has 0 spiro atoms. The van der Waals surface area contributed by atoms with Gasteiger partial charge >= 0.3 is 0 Å². The maximum absolute atomic E-state index is 11.7. The Kier molecular flexibility index (Phi) is 3.16. The average Bonchev–Trinajstić information content (AvgIpc) is 2.69. The number of aliphatic hydroxyl groups excluding tert-OH is 1. The predicted molar refractivity (Wildman–Crippen MR) is 61.1 cm³/mol. The summed E-state index contributed by atoms with van der Waals surface area (Å²) >= 11 is 0. The van der Waals surface area contributed by atoms with E-state index >= 15 is 0 Å². The summed E-state index contributed by atoms with van der Waals surface area (Å²) in [6.45, 7) is 0.308. The van der Waals surface area contributed by atoms with Gasteiger partial charge in [-0.2, -0.15) is 0 Å². The molecule has 5 nitrogen and oxygen atoms in total. The Balaban J connectivity index is 2.11. The molecule has 0 radical (unpaired) electrons. The standard InChI is InChI=1S/C11H13N3O2/c15-7-6-12-10-8-11(16)14(13-10)9-4-2-1-3-5-9/h1-5,15H,6-8H2,(H,12,13). The smallest absolute Gasteiger partial charge is 0.253 e. The van der Waals surface area contributed by atoms with Crippen LogP contribution in [-0.4, -0.2) is 30.0 Å². The molecule has 1 heterocycles. The summed E-state index contributed by atoms with van der Waals surface area (Å²) < 4.78 is 0. The number of hydrogen-bond donors (Lipinski definition) is 2. The molecular formula is C11H13N3O2. The zero-order valence-electron chi connectivity index (χ0n) is 8.76. The summed E-state index contributed by atoms with van der Waals surface area (Å²) in [5, 5.41) is 10.1. The third kappa shape index (κ3) is 2.20. The van der Waals surface area contributed by atoms with E-state index in [4.69, 9.17) is 5.11 Å². The van der Waals surface area contributed by atoms with Crippen molar-refractivity contribution in [2.24, 2.45) is 4.99 Å². The molecule has 0 unspecified atom stereocenters. The molecule has 2 rings (SSSR count). The number of anilines is 1. The Labute approximate surface area is 93.4 Å². The lowest BCUT2D eigenvalue weighted by atomic mass is 10.3. The van der Waals surface area contributed by atoms with Crippen LogP contribution in [0.4, 0.5) is 5.69 Å². The Morgan fingerprint density at radius 1 is 1.38 bits per heavy atom. The summed E-state index contributed by atoms with van der Waals surface area (Å²) in [6, 6.07) is 9.32. The van der Waals surface area contributed by atoms with E-state index in [0.29, 0.717) is 12.4 Å². The van der Waals surface area contributed by atoms with Crippen molar-refractivity contribution in [3.63, 3.8) is 0 Å². The molecule has 84 valence electrons. The topological polar surface area (TPSA) is 64.9 Å². The molecular weight excluding hydrogens is 206 g/mol. The van der Waals surface area contributed by atoms with Crippen molar-refractivity contribution in [3.05, 3.63) is 30.3 Å². The van der Waals surface area contributed by atoms with E-state index in [1.165, 1.54) is 5.01 Å². The van der Waals surface area contributed by atoms with Gasteiger partial charge in [0.1, 0.15) is 5.84 Å². The number of hydrogen-bond acceptors (Lipinski definition) is 3. The lowest BCUT2D eigenvalue weighted by Gasteiger charge is -2.15. The van der Waals surface area contributed by atoms with E-state index < -0.39 is 0 Å². The second-order valence-electron chi connectivity index (χ2n) is 3.41. The molecule has 2 N–H and O–H groups in total. The fourth-order valence-electron chi connectivity index (χ4n) is 1.52. The van der Waals surface area contributed by atoms with Crippen LogP contribution in [0.25, 0.3) is 0 Å². The van der Waals surface area contributed by atoms with Gasteiger partial charge in [-0.1, -0.05) is 18.2 Å². The van der Waals surface area contributed by atoms with Gasteiger partial charge in [-0.25, -0.2) is 5.01 Å². The van der Waals surface area contributed by atoms with Gasteiger partial charge in [-0.05, 0) is 12.1 Å². The summed E-state index contributed by atoms with van der Waals surface area (Å²) in [6.07, 6.45) is 0.259. The fourth-order valence-corrected chi connectivity index (χ4v) is 1.52. The first-order valence-corrected chi connectivity index (χ1v) is 5.10. The molecule has 0 aliphatic carbocycles. The van der Waals surface area contributed by atoms with Gasteiger partial charge in [0, 0.05) is 0 Å². The highest BCUT2D eigenvalue weighted by Crippen LogP contribution is 2.15. The van der Waals surface area contributed by atoms with Crippen LogP contribution in [0.5, 0.6) is 0 Å². The maximum Gasteiger partial charge on any atom is 0.253 e. The van der Waals surface area contributed by atoms with Crippen molar-refractivity contribution >= 4 is 17.4 Å². The summed E-state index contributed by atoms with van der Waals surface area (Å²) in [5.41, 5.74) is 3.71. The van der Waals surface area contributed by atoms with Crippen molar-refractivity contribution in [1.82, 2.24) is 5.43 Å². The van der Waals surface area contributed by atoms with E-state index in [9.17, 15) is 4.79 Å². The number of para-hydroxylation sites is 1. The number of aliphatic imine (C=N–C) groups is 1. The number of hydrazine groups is 1. The quantitative estimate of drug-likeness (QED) is 0.769. The number of nitrogens with one attached hydrogen (secondary N) is 1. The second kappa shape index (κ2) is 4.76. The Morgan fingerprint density at radius 2 is 2.12 bits per heavy atom. The van der Waals surface area contributed by atoms with Crippen LogP contribution in [-0.2, 0) is 4.79 Å². The number of nitrogens with zero attached hydrogens (tertiary/aromatic N) is 2. The number of aliphatic hydroxyl groups is 1. The van der Waals surface area contributed by atoms with Crippen molar-refractivity contribution < 1.29 is 9.90 Å². The highest BCUT2D eigenvalue weighted by Gasteiger charge is 2.26. The number of rotatable bonds is 3. The zero-order valence-corrected chi connectivity index (χ0v) is 8.76. The van der Waals surface area contributed by atoms with Gasteiger partial charge in [-0.3, -0.25) is 15.2 Å². The van der Waals surface area contributed by atoms with E-state index in [2.05, 4.69) is 10.4 Å². The molecule has 1 aromatic carbocycles. The van der Waals surface area contributed by atoms with Gasteiger partial charge in [-0.15, -0.1) is 0 Å². The minimum Gasteiger partial charge on any atom is -0.394 e. The van der Waals surface area contributed by atoms with Crippen molar-refractivity contribution in [1.29, 1.82) is 0 Å². The van der Waals surface area contributed by atoms with Gasteiger partial charge < -0.3 is 5.11 Å². The van der Waals surface area contributed by atoms with Crippen molar-refractivity contribution in [2.75, 3.05) is 18.2 Å². The van der Waals surface area contributed by atoms with E-state index in [-0.39, 0.29) is 18.9 Å². The molecule has 0 atom stereocenters. The van der Waals surface area contributed by atoms with Crippen molar-refractivity contribution in [2.45, 2.75) is 6.42 Å². The molecule has 1 saturated heterocycles. The van der Waals surface area contributed by atoms with Crippen molar-refractivity contribution in [3.8, 4) is 0 Å². The van der Waals surface area contributed by atoms with Crippen LogP contribution >= 0.6 is 0 Å². The number of carbonyl (C=O) groups is 1. The van der Waals surface area contributed by atoms with Crippen LogP contribution in [0.1, 0.15) is 6.42 Å². The van der Waals surface area contributed by atoms with Crippen LogP contribution in [0, 0.1) is 0 Å². The van der Waals surface area contributed by atoms with Crippen LogP contribution < -0.4 is 10.4 Å². The Morgan fingerprint density at radius 3 is 2.81 bits per heavy atom. The lowest BCUT2D eigenvalue weighted by Crippen LogP contribution is -2.35. The Bertz CT molecular complexity index is 403. The summed E-state index contributed by atoms with van der Waals surface area (Å²) in [4.78, 5) is 15.7. The largest absolute Gasteiger partial charge is 0.394 e. The van der Waals surface area contributed by atoms with E-state index in [0.717, 1.165) is 5.69 Å². The first-order chi connectivity index (χ1) is 7.81. The maximum atomic E-state index is 11.7. The lowest BCUT2D eigenvalue weighted by molar-refractivity contribution is -0.116. The van der Waals surface area contributed by atoms with Crippen LogP contribution in [0.3, 0.4) is 0 Å². The molecule has 1 amide bonds. The first kappa shape index (κ1) is 10.6. The van der Waals surface area contributed by atoms with Crippen LogP contribution in [0.15, 0.2) is 35.3 Å². The minimum atomic E-state index is -0.0390. The number of benzene rings is 1. The average molecular weight is 219 g/mol. The number of amides is 1. The molecule has 1 fully saturated rings. The highest BCUT2D eigenvalue weighted by atomic mass is 16.3. The molecule has 1 aliphatic rings. The van der Waals surface area contributed by atoms with Gasteiger partial charge in [0.25, 0.3) is 5.91 Å². The molecule has 16 heavy (non-hydrogen) atoms. The minimum absolute atomic E-state index is 0.00922. The molecule has 0 bridgehead atoms. The third-order valence-electron chi connectivity index (χ3n) is 2.23. The molecule has 0 aromatic heterocycles. The molecule has 0 saturated carbocycles. The van der Waals surface area contributed by atoms with Gasteiger partial charge in [0.05, 0.1) is 25.3 Å². The second-order valence-corrected chi connectivity index (χ2v) is 3.41. The predicted octanol–water partition coefficient (Wildman–Crippen LogP) is 0.319. The highest BCUT2D eigenvalue weighted by molar-refractivity contribution is 6.13. The molecule has 1 aliphatic heterocycles. The Hall–Kier alpha value is -1.88. The normalized spacial score (nSPS) is 17.9. The van der Waals surface area contributed by atoms with E-state index in [1.807, 2.05) is 30.3 Å². The number of carbonyl (C=O) groups excluding carboxylic acids is 1. The number of amidine groups is 1. The zero-order chi connectivity index (χ0) is 11.4. The van der Waals surface area contributed by atoms with Gasteiger partial charge in [0.15, 0.2) is 0 Å². The third-order valence-corrected chi connectivity index (χ3v) is 2.23.